The minimum Gasteiger partial charge on any atom is -0.374 e. The Labute approximate surface area is 179 Å². The summed E-state index contributed by atoms with van der Waals surface area (Å²) in [7, 11) is 6.43. The van der Waals surface area contributed by atoms with Crippen molar-refractivity contribution in [3.8, 4) is 11.3 Å². The lowest BCUT2D eigenvalue weighted by Crippen LogP contribution is -2.23. The number of hydrogen-bond donors (Lipinski definition) is 0. The van der Waals surface area contributed by atoms with Crippen LogP contribution in [0.4, 0.5) is 5.69 Å². The summed E-state index contributed by atoms with van der Waals surface area (Å²) >= 11 is 0. The Morgan fingerprint density at radius 2 is 1.48 bits per heavy atom. The van der Waals surface area contributed by atoms with Gasteiger partial charge in [0.15, 0.2) is 0 Å². The zero-order chi connectivity index (χ0) is 19.5. The fraction of sp³-hybridized carbons (Fsp3) is 0.240. The van der Waals surface area contributed by atoms with Crippen LogP contribution >= 0.6 is 12.4 Å². The minimum atomic E-state index is 0. The molecular weight excluding hydrogens is 378 g/mol. The van der Waals surface area contributed by atoms with Crippen LogP contribution in [0.25, 0.3) is 32.9 Å². The van der Waals surface area contributed by atoms with E-state index in [1.807, 2.05) is 0 Å². The van der Waals surface area contributed by atoms with E-state index in [4.69, 9.17) is 4.98 Å². The van der Waals surface area contributed by atoms with Crippen molar-refractivity contribution in [1.82, 2.24) is 9.88 Å². The third kappa shape index (κ3) is 4.69. The molecule has 0 saturated carbocycles. The van der Waals surface area contributed by atoms with Gasteiger partial charge in [0.05, 0.1) is 11.2 Å². The van der Waals surface area contributed by atoms with Gasteiger partial charge in [0, 0.05) is 30.2 Å². The van der Waals surface area contributed by atoms with Gasteiger partial charge >= 0.3 is 0 Å². The van der Waals surface area contributed by atoms with E-state index in [0.29, 0.717) is 0 Å². The van der Waals surface area contributed by atoms with Crippen LogP contribution in [0, 0.1) is 0 Å². The van der Waals surface area contributed by atoms with Gasteiger partial charge in [0.1, 0.15) is 0 Å². The highest BCUT2D eigenvalue weighted by molar-refractivity contribution is 5.95. The fourth-order valence-corrected chi connectivity index (χ4v) is 3.71. The molecule has 0 unspecified atom stereocenters. The average Bonchev–Trinajstić information content (AvgIpc) is 2.72. The molecule has 4 aromatic rings. The molecule has 1 aromatic heterocycles. The highest BCUT2D eigenvalue weighted by Crippen LogP contribution is 2.31. The smallest absolute Gasteiger partial charge is 0.0730 e. The van der Waals surface area contributed by atoms with Crippen LogP contribution in [-0.4, -0.2) is 44.1 Å². The molecule has 3 nitrogen and oxygen atoms in total. The number of benzene rings is 3. The summed E-state index contributed by atoms with van der Waals surface area (Å²) in [6.45, 7) is 2.11. The molecule has 0 aliphatic carbocycles. The normalized spacial score (nSPS) is 11.0. The van der Waals surface area contributed by atoms with Crippen molar-refractivity contribution >= 4 is 39.8 Å². The van der Waals surface area contributed by atoms with E-state index in [0.717, 1.165) is 36.3 Å². The van der Waals surface area contributed by atoms with Gasteiger partial charge in [-0.1, -0.05) is 54.6 Å². The molecule has 0 aliphatic heterocycles. The first-order chi connectivity index (χ1) is 13.6. The number of fused-ring (bicyclic) bond motifs is 2. The van der Waals surface area contributed by atoms with Crippen LogP contribution < -0.4 is 4.90 Å². The third-order valence-corrected chi connectivity index (χ3v) is 5.25. The van der Waals surface area contributed by atoms with E-state index in [1.165, 1.54) is 21.8 Å². The van der Waals surface area contributed by atoms with Crippen LogP contribution in [0.1, 0.15) is 6.42 Å². The van der Waals surface area contributed by atoms with Gasteiger partial charge in [-0.25, -0.2) is 4.98 Å². The highest BCUT2D eigenvalue weighted by Gasteiger charge is 2.11. The second kappa shape index (κ2) is 9.25. The number of para-hydroxylation sites is 1. The summed E-state index contributed by atoms with van der Waals surface area (Å²) in [5, 5.41) is 3.71. The van der Waals surface area contributed by atoms with Gasteiger partial charge in [-0.05, 0) is 56.0 Å². The summed E-state index contributed by atoms with van der Waals surface area (Å²) < 4.78 is 0. The largest absolute Gasteiger partial charge is 0.374 e. The second-order valence-corrected chi connectivity index (χ2v) is 7.68. The van der Waals surface area contributed by atoms with Gasteiger partial charge in [0.25, 0.3) is 0 Å². The molecule has 0 atom stereocenters. The standard InChI is InChI=1S/C25H27N3.ClH/c1-27(2)15-8-16-28(3)25-18-24(26-23-12-7-6-11-22(23)25)21-14-13-19-9-4-5-10-20(19)17-21;/h4-7,9-14,17-18H,8,15-16H2,1-3H3;1H. The first kappa shape index (κ1) is 21.1. The molecule has 0 spiro atoms. The Hall–Kier alpha value is -2.62. The minimum absolute atomic E-state index is 0. The molecular formula is C25H28ClN3. The molecule has 0 aliphatic rings. The predicted octanol–water partition coefficient (Wildman–Crippen LogP) is 5.86. The van der Waals surface area contributed by atoms with Gasteiger partial charge in [-0.15, -0.1) is 12.4 Å². The number of pyridine rings is 1. The van der Waals surface area contributed by atoms with Crippen LogP contribution in [0.3, 0.4) is 0 Å². The van der Waals surface area contributed by atoms with Crippen molar-refractivity contribution in [2.45, 2.75) is 6.42 Å². The molecule has 1 heterocycles. The Bertz CT molecular complexity index is 1110. The first-order valence-corrected chi connectivity index (χ1v) is 9.87. The van der Waals surface area contributed by atoms with Gasteiger partial charge in [0.2, 0.25) is 0 Å². The number of nitrogens with zero attached hydrogens (tertiary/aromatic N) is 3. The lowest BCUT2D eigenvalue weighted by Gasteiger charge is -2.23. The summed E-state index contributed by atoms with van der Waals surface area (Å²) in [5.74, 6) is 0. The maximum absolute atomic E-state index is 4.97. The molecule has 4 rings (SSSR count). The summed E-state index contributed by atoms with van der Waals surface area (Å²) in [5.41, 5.74) is 4.47. The van der Waals surface area contributed by atoms with E-state index in [9.17, 15) is 0 Å². The van der Waals surface area contributed by atoms with Crippen molar-refractivity contribution in [2.75, 3.05) is 39.1 Å². The first-order valence-electron chi connectivity index (χ1n) is 9.87. The number of aromatic nitrogens is 1. The lowest BCUT2D eigenvalue weighted by atomic mass is 10.0. The van der Waals surface area contributed by atoms with Gasteiger partial charge in [-0.2, -0.15) is 0 Å². The maximum Gasteiger partial charge on any atom is 0.0730 e. The number of hydrogen-bond acceptors (Lipinski definition) is 3. The quantitative estimate of drug-likeness (QED) is 0.400. The Morgan fingerprint density at radius 1 is 0.759 bits per heavy atom. The monoisotopic (exact) mass is 405 g/mol. The van der Waals surface area contributed by atoms with E-state index < -0.39 is 0 Å². The lowest BCUT2D eigenvalue weighted by molar-refractivity contribution is 0.402. The van der Waals surface area contributed by atoms with Crippen LogP contribution in [0.15, 0.2) is 72.8 Å². The van der Waals surface area contributed by atoms with E-state index in [-0.39, 0.29) is 12.4 Å². The number of halogens is 1. The second-order valence-electron chi connectivity index (χ2n) is 7.68. The predicted molar refractivity (Wildman–Crippen MR) is 128 cm³/mol. The van der Waals surface area contributed by atoms with Crippen LogP contribution in [0.5, 0.6) is 0 Å². The molecule has 29 heavy (non-hydrogen) atoms. The zero-order valence-electron chi connectivity index (χ0n) is 17.3. The molecule has 0 fully saturated rings. The van der Waals surface area contributed by atoms with Crippen molar-refractivity contribution in [3.05, 3.63) is 72.8 Å². The van der Waals surface area contributed by atoms with Crippen molar-refractivity contribution < 1.29 is 0 Å². The number of rotatable bonds is 6. The third-order valence-electron chi connectivity index (χ3n) is 5.25. The molecule has 4 heteroatoms. The molecule has 0 saturated heterocycles. The Balaban J connectivity index is 0.00000240. The SMILES string of the molecule is CN(C)CCCN(C)c1cc(-c2ccc3ccccc3c2)nc2ccccc12.Cl. The average molecular weight is 406 g/mol. The van der Waals surface area contributed by atoms with Crippen LogP contribution in [-0.2, 0) is 0 Å². The molecule has 0 radical (unpaired) electrons. The van der Waals surface area contributed by atoms with E-state index in [2.05, 4.69) is 104 Å². The molecule has 0 amide bonds. The van der Waals surface area contributed by atoms with Crippen molar-refractivity contribution in [2.24, 2.45) is 0 Å². The Morgan fingerprint density at radius 3 is 2.28 bits per heavy atom. The van der Waals surface area contributed by atoms with Gasteiger partial charge in [-0.3, -0.25) is 0 Å². The summed E-state index contributed by atoms with van der Waals surface area (Å²) in [6, 6.07) is 25.8. The van der Waals surface area contributed by atoms with E-state index in [1.54, 1.807) is 0 Å². The fourth-order valence-electron chi connectivity index (χ4n) is 3.71. The van der Waals surface area contributed by atoms with Crippen molar-refractivity contribution in [1.29, 1.82) is 0 Å². The highest BCUT2D eigenvalue weighted by atomic mass is 35.5. The van der Waals surface area contributed by atoms with E-state index >= 15 is 0 Å². The molecule has 3 aromatic carbocycles. The summed E-state index contributed by atoms with van der Waals surface area (Å²) in [4.78, 5) is 9.56. The number of anilines is 1. The van der Waals surface area contributed by atoms with Gasteiger partial charge < -0.3 is 9.80 Å². The van der Waals surface area contributed by atoms with Crippen molar-refractivity contribution in [3.63, 3.8) is 0 Å². The van der Waals surface area contributed by atoms with Crippen LogP contribution in [0.2, 0.25) is 0 Å². The topological polar surface area (TPSA) is 19.4 Å². The zero-order valence-corrected chi connectivity index (χ0v) is 18.1. The maximum atomic E-state index is 4.97. The molecule has 0 bridgehead atoms. The summed E-state index contributed by atoms with van der Waals surface area (Å²) in [6.07, 6.45) is 1.13. The molecule has 0 N–H and O–H groups in total. The Kier molecular flexibility index (Phi) is 6.73. The molecule has 150 valence electrons.